The molecule has 1 aromatic heterocycles. The van der Waals surface area contributed by atoms with Crippen LogP contribution in [0.5, 0.6) is 5.75 Å². The van der Waals surface area contributed by atoms with Gasteiger partial charge in [0.1, 0.15) is 12.4 Å². The van der Waals surface area contributed by atoms with Gasteiger partial charge in [-0.25, -0.2) is 13.4 Å². The highest BCUT2D eigenvalue weighted by Crippen LogP contribution is 2.36. The van der Waals surface area contributed by atoms with Crippen LogP contribution < -0.4 is 9.04 Å². The van der Waals surface area contributed by atoms with E-state index < -0.39 is 10.0 Å². The molecule has 8 heteroatoms. The maximum Gasteiger partial charge on any atom is 0.275 e. The van der Waals surface area contributed by atoms with Gasteiger partial charge in [0.2, 0.25) is 0 Å². The van der Waals surface area contributed by atoms with E-state index in [1.807, 2.05) is 0 Å². The van der Waals surface area contributed by atoms with Crippen LogP contribution in [0.25, 0.3) is 0 Å². The summed E-state index contributed by atoms with van der Waals surface area (Å²) in [5.74, 6) is 0.563. The van der Waals surface area contributed by atoms with Gasteiger partial charge in [0.05, 0.1) is 18.4 Å². The second-order valence-electron chi connectivity index (χ2n) is 3.83. The molecular formula is C11H9ClN2O3S2. The smallest absolute Gasteiger partial charge is 0.275 e. The van der Waals surface area contributed by atoms with E-state index in [0.717, 1.165) is 11.3 Å². The average molecular weight is 317 g/mol. The van der Waals surface area contributed by atoms with Crippen molar-refractivity contribution in [2.75, 3.05) is 17.5 Å². The summed E-state index contributed by atoms with van der Waals surface area (Å²) in [6.07, 6.45) is 1.28. The number of ether oxygens (including phenoxy) is 1. The molecule has 0 radical (unpaired) electrons. The van der Waals surface area contributed by atoms with E-state index in [9.17, 15) is 8.42 Å². The minimum absolute atomic E-state index is 0.134. The number of hydrogen-bond donors (Lipinski definition) is 0. The largest absolute Gasteiger partial charge is 0.489 e. The topological polar surface area (TPSA) is 59.5 Å². The third-order valence-corrected chi connectivity index (χ3v) is 6.05. The molecule has 1 aromatic carbocycles. The van der Waals surface area contributed by atoms with Crippen LogP contribution in [0.1, 0.15) is 0 Å². The number of nitrogens with zero attached hydrogens (tertiary/aromatic N) is 2. The highest BCUT2D eigenvalue weighted by atomic mass is 35.5. The SMILES string of the molecule is O=S(=O)(c1cnc(Cl)s1)N1CCOc2ccccc21. The van der Waals surface area contributed by atoms with Crippen LogP contribution in [0.4, 0.5) is 5.69 Å². The number of aromatic nitrogens is 1. The van der Waals surface area contributed by atoms with Crippen molar-refractivity contribution < 1.29 is 13.2 Å². The third-order valence-electron chi connectivity index (χ3n) is 2.69. The van der Waals surface area contributed by atoms with Crippen LogP contribution >= 0.6 is 22.9 Å². The van der Waals surface area contributed by atoms with Gasteiger partial charge in [-0.2, -0.15) is 0 Å². The molecule has 0 N–H and O–H groups in total. The van der Waals surface area contributed by atoms with Crippen molar-refractivity contribution in [3.05, 3.63) is 34.9 Å². The highest BCUT2D eigenvalue weighted by Gasteiger charge is 2.31. The predicted octanol–water partition coefficient (Wildman–Crippen LogP) is 2.38. The Labute approximate surface area is 119 Å². The summed E-state index contributed by atoms with van der Waals surface area (Å²) >= 11 is 6.65. The zero-order valence-corrected chi connectivity index (χ0v) is 12.0. The van der Waals surface area contributed by atoms with Crippen molar-refractivity contribution in [1.29, 1.82) is 0 Å². The monoisotopic (exact) mass is 316 g/mol. The zero-order chi connectivity index (χ0) is 13.5. The molecule has 3 rings (SSSR count). The summed E-state index contributed by atoms with van der Waals surface area (Å²) in [7, 11) is -3.63. The molecule has 0 atom stereocenters. The number of hydrogen-bond acceptors (Lipinski definition) is 5. The van der Waals surface area contributed by atoms with E-state index in [1.54, 1.807) is 24.3 Å². The van der Waals surface area contributed by atoms with Gasteiger partial charge < -0.3 is 4.74 Å². The molecule has 2 heterocycles. The van der Waals surface area contributed by atoms with Crippen molar-refractivity contribution in [2.24, 2.45) is 0 Å². The van der Waals surface area contributed by atoms with E-state index in [1.165, 1.54) is 10.5 Å². The first-order valence-electron chi connectivity index (χ1n) is 5.45. The lowest BCUT2D eigenvalue weighted by atomic mass is 10.2. The maximum absolute atomic E-state index is 12.5. The number of anilines is 1. The van der Waals surface area contributed by atoms with E-state index in [2.05, 4.69) is 4.98 Å². The Bertz CT molecular complexity index is 714. The molecule has 1 aliphatic rings. The summed E-state index contributed by atoms with van der Waals surface area (Å²) in [4.78, 5) is 3.78. The molecule has 2 aromatic rings. The molecule has 19 heavy (non-hydrogen) atoms. The highest BCUT2D eigenvalue weighted by molar-refractivity contribution is 7.94. The summed E-state index contributed by atoms with van der Waals surface area (Å²) in [6, 6.07) is 7.04. The Kier molecular flexibility index (Phi) is 3.12. The maximum atomic E-state index is 12.5. The van der Waals surface area contributed by atoms with Crippen molar-refractivity contribution in [1.82, 2.24) is 4.98 Å². The lowest BCUT2D eigenvalue weighted by Crippen LogP contribution is -2.37. The molecule has 0 bridgehead atoms. The van der Waals surface area contributed by atoms with Crippen LogP contribution in [0.3, 0.4) is 0 Å². The van der Waals surface area contributed by atoms with Crippen LogP contribution in [0.15, 0.2) is 34.7 Å². The van der Waals surface area contributed by atoms with Crippen LogP contribution in [-0.4, -0.2) is 26.6 Å². The fourth-order valence-electron chi connectivity index (χ4n) is 1.86. The van der Waals surface area contributed by atoms with Gasteiger partial charge in [-0.1, -0.05) is 35.1 Å². The fraction of sp³-hybridized carbons (Fsp3) is 0.182. The number of benzene rings is 1. The quantitative estimate of drug-likeness (QED) is 0.853. The number of rotatable bonds is 2. The van der Waals surface area contributed by atoms with Crippen molar-refractivity contribution >= 4 is 38.6 Å². The summed E-state index contributed by atoms with van der Waals surface area (Å²) in [6.45, 7) is 0.595. The minimum atomic E-state index is -3.63. The van der Waals surface area contributed by atoms with Crippen molar-refractivity contribution in [2.45, 2.75) is 4.21 Å². The van der Waals surface area contributed by atoms with E-state index in [0.29, 0.717) is 18.0 Å². The minimum Gasteiger partial charge on any atom is -0.489 e. The third kappa shape index (κ3) is 2.18. The van der Waals surface area contributed by atoms with Gasteiger partial charge in [0.25, 0.3) is 10.0 Å². The number of para-hydroxylation sites is 2. The van der Waals surface area contributed by atoms with E-state index in [-0.39, 0.29) is 15.2 Å². The van der Waals surface area contributed by atoms with Crippen molar-refractivity contribution in [3.8, 4) is 5.75 Å². The molecule has 0 saturated heterocycles. The number of thiazole rings is 1. The molecular weight excluding hydrogens is 308 g/mol. The van der Waals surface area contributed by atoms with Gasteiger partial charge in [-0.3, -0.25) is 4.31 Å². The first kappa shape index (κ1) is 12.7. The van der Waals surface area contributed by atoms with Crippen LogP contribution in [-0.2, 0) is 10.0 Å². The summed E-state index contributed by atoms with van der Waals surface area (Å²) in [5, 5.41) is 0. The Morgan fingerprint density at radius 3 is 2.89 bits per heavy atom. The second-order valence-corrected chi connectivity index (χ2v) is 7.53. The molecule has 100 valence electrons. The standard InChI is InChI=1S/C11H9ClN2O3S2/c12-11-13-7-10(18-11)19(15,16)14-5-6-17-9-4-2-1-3-8(9)14/h1-4,7H,5-6H2. The molecule has 5 nitrogen and oxygen atoms in total. The predicted molar refractivity (Wildman–Crippen MR) is 73.6 cm³/mol. The Morgan fingerprint density at radius 1 is 1.37 bits per heavy atom. The second kappa shape index (κ2) is 4.66. The number of sulfonamides is 1. The average Bonchev–Trinajstić information content (AvgIpc) is 2.85. The fourth-order valence-corrected chi connectivity index (χ4v) is 4.73. The van der Waals surface area contributed by atoms with Crippen LogP contribution in [0.2, 0.25) is 4.47 Å². The van der Waals surface area contributed by atoms with E-state index >= 15 is 0 Å². The number of fused-ring (bicyclic) bond motifs is 1. The van der Waals surface area contributed by atoms with Gasteiger partial charge in [-0.05, 0) is 12.1 Å². The van der Waals surface area contributed by atoms with Gasteiger partial charge in [0.15, 0.2) is 8.68 Å². The summed E-state index contributed by atoms with van der Waals surface area (Å²) < 4.78 is 32.2. The first-order chi connectivity index (χ1) is 9.09. The Balaban J connectivity index is 2.08. The molecule has 0 fully saturated rings. The van der Waals surface area contributed by atoms with Gasteiger partial charge in [-0.15, -0.1) is 0 Å². The molecule has 0 aliphatic carbocycles. The molecule has 0 saturated carbocycles. The first-order valence-corrected chi connectivity index (χ1v) is 8.08. The lowest BCUT2D eigenvalue weighted by Gasteiger charge is -2.29. The molecule has 0 spiro atoms. The molecule has 0 amide bonds. The molecule has 0 unspecified atom stereocenters. The van der Waals surface area contributed by atoms with Crippen molar-refractivity contribution in [3.63, 3.8) is 0 Å². The zero-order valence-electron chi connectivity index (χ0n) is 9.61. The lowest BCUT2D eigenvalue weighted by molar-refractivity contribution is 0.316. The Hall–Kier alpha value is -1.31. The summed E-state index contributed by atoms with van der Waals surface area (Å²) in [5.41, 5.74) is 0.540. The van der Waals surface area contributed by atoms with Crippen LogP contribution in [0, 0.1) is 0 Å². The normalized spacial score (nSPS) is 14.9. The van der Waals surface area contributed by atoms with E-state index in [4.69, 9.17) is 16.3 Å². The Morgan fingerprint density at radius 2 is 2.16 bits per heavy atom. The number of halogens is 1. The molecule has 1 aliphatic heterocycles. The van der Waals surface area contributed by atoms with Gasteiger partial charge in [0, 0.05) is 0 Å². The van der Waals surface area contributed by atoms with Gasteiger partial charge >= 0.3 is 0 Å².